The first-order valence-electron chi connectivity index (χ1n) is 19.4. The molecule has 0 aliphatic heterocycles. The molecule has 4 aliphatic carbocycles. The van der Waals surface area contributed by atoms with E-state index in [9.17, 15) is 0 Å². The SMILES string of the molecule is CC1(C)c2ccccc2C2(c3ccccc3-c3c(-c4cc(-c5ccc6c7c(ccc6c5)C5=C[C@H]5C=C7)nc(-c5ccccc5)n4)cccc32)c2ccccc21. The molecule has 0 N–H and O–H groups in total. The van der Waals surface area contributed by atoms with E-state index in [1.165, 1.54) is 72.0 Å². The molecule has 0 saturated carbocycles. The fraction of sp³-hybridized carbons (Fsp3) is 0.0943. The molecule has 0 fully saturated rings. The summed E-state index contributed by atoms with van der Waals surface area (Å²) >= 11 is 0. The Morgan fingerprint density at radius 3 is 1.93 bits per heavy atom. The zero-order valence-corrected chi connectivity index (χ0v) is 30.7. The molecule has 1 heterocycles. The van der Waals surface area contributed by atoms with Crippen LogP contribution in [-0.4, -0.2) is 9.97 Å². The van der Waals surface area contributed by atoms with Gasteiger partial charge in [0.2, 0.25) is 0 Å². The number of fused-ring (bicyclic) bond motifs is 14. The number of aromatic nitrogens is 2. The van der Waals surface area contributed by atoms with E-state index in [1.54, 1.807) is 0 Å². The summed E-state index contributed by atoms with van der Waals surface area (Å²) in [6.45, 7) is 4.75. The van der Waals surface area contributed by atoms with Crippen LogP contribution in [-0.2, 0) is 10.8 Å². The molecule has 1 atom stereocenters. The van der Waals surface area contributed by atoms with Gasteiger partial charge in [-0.25, -0.2) is 9.97 Å². The van der Waals surface area contributed by atoms with Crippen LogP contribution in [0, 0.1) is 5.92 Å². The molecule has 1 spiro atoms. The lowest BCUT2D eigenvalue weighted by molar-refractivity contribution is 0.563. The Bertz CT molecular complexity index is 2970. The van der Waals surface area contributed by atoms with Crippen molar-refractivity contribution < 1.29 is 0 Å². The van der Waals surface area contributed by atoms with Crippen LogP contribution in [0.1, 0.15) is 58.4 Å². The van der Waals surface area contributed by atoms with Gasteiger partial charge in [-0.15, -0.1) is 0 Å². The monoisotopic (exact) mass is 700 g/mol. The second kappa shape index (κ2) is 11.0. The number of allylic oxidation sites excluding steroid dienone is 3. The first kappa shape index (κ1) is 30.8. The van der Waals surface area contributed by atoms with E-state index in [0.717, 1.165) is 33.9 Å². The molecule has 2 nitrogen and oxygen atoms in total. The smallest absolute Gasteiger partial charge is 0.160 e. The van der Waals surface area contributed by atoms with Crippen LogP contribution in [0.15, 0.2) is 170 Å². The predicted octanol–water partition coefficient (Wildman–Crippen LogP) is 12.7. The molecule has 7 aromatic carbocycles. The van der Waals surface area contributed by atoms with E-state index < -0.39 is 5.41 Å². The molecule has 0 amide bonds. The molecule has 0 bridgehead atoms. The Morgan fingerprint density at radius 2 is 1.15 bits per heavy atom. The third kappa shape index (κ3) is 4.14. The lowest BCUT2D eigenvalue weighted by Gasteiger charge is -2.46. The van der Waals surface area contributed by atoms with Crippen LogP contribution in [0.4, 0.5) is 0 Å². The maximum absolute atomic E-state index is 5.40. The Hall–Kier alpha value is -6.64. The van der Waals surface area contributed by atoms with Crippen LogP contribution < -0.4 is 0 Å². The molecule has 4 aliphatic rings. The van der Waals surface area contributed by atoms with E-state index >= 15 is 0 Å². The molecule has 258 valence electrons. The van der Waals surface area contributed by atoms with Gasteiger partial charge in [0, 0.05) is 28.0 Å². The average molecular weight is 701 g/mol. The summed E-state index contributed by atoms with van der Waals surface area (Å²) in [7, 11) is 0. The zero-order valence-electron chi connectivity index (χ0n) is 30.7. The number of hydrogen-bond donors (Lipinski definition) is 0. The molecule has 0 unspecified atom stereocenters. The van der Waals surface area contributed by atoms with Crippen molar-refractivity contribution in [2.75, 3.05) is 0 Å². The van der Waals surface area contributed by atoms with Crippen molar-refractivity contribution in [2.24, 2.45) is 5.92 Å². The number of benzene rings is 7. The highest BCUT2D eigenvalue weighted by molar-refractivity contribution is 6.03. The van der Waals surface area contributed by atoms with Crippen LogP contribution in [0.5, 0.6) is 0 Å². The second-order valence-corrected chi connectivity index (χ2v) is 16.0. The number of nitrogens with zero attached hydrogens (tertiary/aromatic N) is 2. The quantitative estimate of drug-likeness (QED) is 0.183. The first-order valence-corrected chi connectivity index (χ1v) is 19.4. The molecule has 0 radical (unpaired) electrons. The lowest BCUT2D eigenvalue weighted by Crippen LogP contribution is -2.40. The second-order valence-electron chi connectivity index (χ2n) is 16.0. The predicted molar refractivity (Wildman–Crippen MR) is 226 cm³/mol. The largest absolute Gasteiger partial charge is 0.228 e. The maximum Gasteiger partial charge on any atom is 0.160 e. The highest BCUT2D eigenvalue weighted by atomic mass is 14.9. The van der Waals surface area contributed by atoms with Gasteiger partial charge in [0.1, 0.15) is 0 Å². The summed E-state index contributed by atoms with van der Waals surface area (Å²) in [4.78, 5) is 10.7. The minimum atomic E-state index is -0.467. The van der Waals surface area contributed by atoms with Crippen molar-refractivity contribution in [3.8, 4) is 45.0 Å². The third-order valence-corrected chi connectivity index (χ3v) is 12.9. The van der Waals surface area contributed by atoms with E-state index in [-0.39, 0.29) is 5.41 Å². The van der Waals surface area contributed by atoms with Crippen LogP contribution in [0.3, 0.4) is 0 Å². The Balaban J connectivity index is 1.11. The van der Waals surface area contributed by atoms with Crippen LogP contribution in [0.2, 0.25) is 0 Å². The van der Waals surface area contributed by atoms with Crippen molar-refractivity contribution in [1.29, 1.82) is 0 Å². The Kier molecular flexibility index (Phi) is 6.14. The third-order valence-electron chi connectivity index (χ3n) is 12.9. The van der Waals surface area contributed by atoms with Crippen molar-refractivity contribution in [3.05, 3.63) is 214 Å². The minimum absolute atomic E-state index is 0.146. The summed E-state index contributed by atoms with van der Waals surface area (Å²) in [5.74, 6) is 1.25. The fourth-order valence-electron chi connectivity index (χ4n) is 10.3. The minimum Gasteiger partial charge on any atom is -0.228 e. The highest BCUT2D eigenvalue weighted by Crippen LogP contribution is 2.63. The van der Waals surface area contributed by atoms with Gasteiger partial charge < -0.3 is 0 Å². The number of hydrogen-bond acceptors (Lipinski definition) is 2. The summed E-state index contributed by atoms with van der Waals surface area (Å²) in [5, 5.41) is 2.50. The lowest BCUT2D eigenvalue weighted by atomic mass is 9.55. The van der Waals surface area contributed by atoms with Crippen LogP contribution >= 0.6 is 0 Å². The molecule has 2 heteroatoms. The van der Waals surface area contributed by atoms with E-state index in [1.807, 2.05) is 6.07 Å². The topological polar surface area (TPSA) is 25.8 Å². The van der Waals surface area contributed by atoms with Gasteiger partial charge in [-0.1, -0.05) is 178 Å². The van der Waals surface area contributed by atoms with E-state index in [2.05, 4.69) is 184 Å². The van der Waals surface area contributed by atoms with Gasteiger partial charge >= 0.3 is 0 Å². The Morgan fingerprint density at radius 1 is 0.491 bits per heavy atom. The molecule has 8 aromatic rings. The van der Waals surface area contributed by atoms with Crippen molar-refractivity contribution >= 4 is 22.4 Å². The Labute approximate surface area is 321 Å². The number of rotatable bonds is 3. The van der Waals surface area contributed by atoms with Gasteiger partial charge in [0.25, 0.3) is 0 Å². The summed E-state index contributed by atoms with van der Waals surface area (Å²) in [6.07, 6.45) is 6.97. The van der Waals surface area contributed by atoms with E-state index in [4.69, 9.17) is 9.97 Å². The molecule has 1 aromatic heterocycles. The molecule has 55 heavy (non-hydrogen) atoms. The van der Waals surface area contributed by atoms with Crippen molar-refractivity contribution in [2.45, 2.75) is 24.7 Å². The molecule has 12 rings (SSSR count). The van der Waals surface area contributed by atoms with Gasteiger partial charge in [-0.2, -0.15) is 0 Å². The standard InChI is InChI=1S/C53H36N2/c1-52(2)43-18-8-10-20-45(43)53(46-21-11-9-19-44(46)52)42-17-7-6-15-39(42)50-40(16-12-22-47(50)53)49-31-48(54-51(55-49)32-13-4-3-5-14-32)35-25-26-36-33(29-35)23-28-38-37(36)27-24-34-30-41(34)38/h3-31,34H,1-2H3/t34-/m1/s1. The normalized spacial score (nSPS) is 17.1. The first-order chi connectivity index (χ1) is 27.0. The highest BCUT2D eigenvalue weighted by Gasteiger charge is 2.53. The van der Waals surface area contributed by atoms with Gasteiger partial charge in [0.15, 0.2) is 5.82 Å². The summed E-state index contributed by atoms with van der Waals surface area (Å²) in [5.41, 5.74) is 19.2. The summed E-state index contributed by atoms with van der Waals surface area (Å²) < 4.78 is 0. The van der Waals surface area contributed by atoms with Gasteiger partial charge in [0.05, 0.1) is 16.8 Å². The fourth-order valence-corrected chi connectivity index (χ4v) is 10.3. The van der Waals surface area contributed by atoms with Gasteiger partial charge in [-0.3, -0.25) is 0 Å². The molecular formula is C53H36N2. The van der Waals surface area contributed by atoms with Gasteiger partial charge in [-0.05, 0) is 84.1 Å². The van der Waals surface area contributed by atoms with E-state index in [0.29, 0.717) is 5.92 Å². The zero-order chi connectivity index (χ0) is 36.5. The van der Waals surface area contributed by atoms with Crippen molar-refractivity contribution in [3.63, 3.8) is 0 Å². The molecular weight excluding hydrogens is 665 g/mol. The maximum atomic E-state index is 5.40. The summed E-state index contributed by atoms with van der Waals surface area (Å²) in [6, 6.07) is 58.2. The molecule has 0 saturated heterocycles. The van der Waals surface area contributed by atoms with Crippen LogP contribution in [0.25, 0.3) is 67.5 Å². The van der Waals surface area contributed by atoms with Crippen molar-refractivity contribution in [1.82, 2.24) is 9.97 Å². The average Bonchev–Trinajstić information content (AvgIpc) is 3.99.